The van der Waals surface area contributed by atoms with Crippen molar-refractivity contribution in [1.82, 2.24) is 5.32 Å². The second kappa shape index (κ2) is 5.69. The molecule has 1 heterocycles. The van der Waals surface area contributed by atoms with E-state index < -0.39 is 0 Å². The van der Waals surface area contributed by atoms with Gasteiger partial charge in [-0.25, -0.2) is 9.78 Å². The van der Waals surface area contributed by atoms with Crippen LogP contribution in [0.3, 0.4) is 0 Å². The number of para-hydroxylation sites is 1. The van der Waals surface area contributed by atoms with Crippen LogP contribution in [0.1, 0.15) is 5.69 Å². The van der Waals surface area contributed by atoms with Crippen LogP contribution in [0.25, 0.3) is 10.9 Å². The van der Waals surface area contributed by atoms with E-state index in [4.69, 9.17) is 11.6 Å². The Morgan fingerprint density at radius 3 is 2.94 bits per heavy atom. The van der Waals surface area contributed by atoms with E-state index in [1.54, 1.807) is 0 Å². The molecule has 0 saturated carbocycles. The molecular formula is C13H15ClN3O+. The summed E-state index contributed by atoms with van der Waals surface area (Å²) in [5.41, 5.74) is 2.76. The number of alkyl halides is 1. The molecule has 0 spiro atoms. The maximum Gasteiger partial charge on any atom is 0.319 e. The van der Waals surface area contributed by atoms with Gasteiger partial charge in [0.2, 0.25) is 5.52 Å². The van der Waals surface area contributed by atoms with Gasteiger partial charge in [0, 0.05) is 31.5 Å². The zero-order valence-corrected chi connectivity index (χ0v) is 10.8. The van der Waals surface area contributed by atoms with Crippen molar-refractivity contribution in [3.63, 3.8) is 0 Å². The molecule has 1 aromatic heterocycles. The molecule has 18 heavy (non-hydrogen) atoms. The van der Waals surface area contributed by atoms with Crippen LogP contribution < -0.4 is 15.6 Å². The van der Waals surface area contributed by atoms with Gasteiger partial charge < -0.3 is 10.6 Å². The van der Waals surface area contributed by atoms with Crippen LogP contribution in [0.4, 0.5) is 10.5 Å². The third-order valence-corrected chi connectivity index (χ3v) is 2.73. The summed E-state index contributed by atoms with van der Waals surface area (Å²) in [7, 11) is 0. The lowest BCUT2D eigenvalue weighted by atomic mass is 10.1. The Morgan fingerprint density at radius 2 is 2.17 bits per heavy atom. The number of amides is 2. The summed E-state index contributed by atoms with van der Waals surface area (Å²) in [5.74, 6) is 0.399. The molecule has 0 aliphatic rings. The van der Waals surface area contributed by atoms with Gasteiger partial charge in [-0.1, -0.05) is 12.1 Å². The van der Waals surface area contributed by atoms with Crippen molar-refractivity contribution in [1.29, 1.82) is 0 Å². The molecule has 0 saturated heterocycles. The molecule has 5 heteroatoms. The smallest absolute Gasteiger partial charge is 0.319 e. The topological polar surface area (TPSA) is 55.3 Å². The van der Waals surface area contributed by atoms with Crippen molar-refractivity contribution < 1.29 is 9.78 Å². The third-order valence-electron chi connectivity index (χ3n) is 2.54. The van der Waals surface area contributed by atoms with Gasteiger partial charge in [0.25, 0.3) is 0 Å². The van der Waals surface area contributed by atoms with Crippen LogP contribution in [0.5, 0.6) is 0 Å². The molecule has 94 valence electrons. The molecule has 0 aliphatic carbocycles. The summed E-state index contributed by atoms with van der Waals surface area (Å²) in [6.45, 7) is 2.40. The van der Waals surface area contributed by atoms with E-state index in [-0.39, 0.29) is 6.03 Å². The predicted octanol–water partition coefficient (Wildman–Crippen LogP) is 2.32. The monoisotopic (exact) mass is 264 g/mol. The van der Waals surface area contributed by atoms with E-state index in [9.17, 15) is 4.79 Å². The van der Waals surface area contributed by atoms with Crippen molar-refractivity contribution in [3.05, 3.63) is 36.0 Å². The second-order valence-corrected chi connectivity index (χ2v) is 4.36. The molecule has 0 bridgehead atoms. The Morgan fingerprint density at radius 1 is 1.39 bits per heavy atom. The van der Waals surface area contributed by atoms with Gasteiger partial charge in [-0.15, -0.1) is 11.6 Å². The first-order valence-corrected chi connectivity index (χ1v) is 6.26. The summed E-state index contributed by atoms with van der Waals surface area (Å²) < 4.78 is 0. The van der Waals surface area contributed by atoms with Crippen molar-refractivity contribution >= 4 is 34.2 Å². The van der Waals surface area contributed by atoms with Crippen LogP contribution in [0.2, 0.25) is 0 Å². The lowest BCUT2D eigenvalue weighted by molar-refractivity contribution is -0.354. The van der Waals surface area contributed by atoms with Gasteiger partial charge >= 0.3 is 6.03 Å². The number of aromatic amines is 1. The summed E-state index contributed by atoms with van der Waals surface area (Å²) >= 11 is 5.52. The number of aryl methyl sites for hydroxylation is 1. The number of carbonyl (C=O) groups excluding carboxylic acids is 1. The maximum atomic E-state index is 11.6. The summed E-state index contributed by atoms with van der Waals surface area (Å²) in [6, 6.07) is 9.49. The lowest BCUT2D eigenvalue weighted by Crippen LogP contribution is -2.30. The molecule has 0 unspecified atom stereocenters. The van der Waals surface area contributed by atoms with E-state index in [0.717, 1.165) is 22.3 Å². The number of nitrogens with one attached hydrogen (secondary N) is 3. The van der Waals surface area contributed by atoms with Crippen molar-refractivity contribution in [3.8, 4) is 0 Å². The highest BCUT2D eigenvalue weighted by Gasteiger charge is 2.10. The minimum absolute atomic E-state index is 0.244. The Bertz CT molecular complexity index is 571. The fourth-order valence-electron chi connectivity index (χ4n) is 1.80. The minimum Gasteiger partial charge on any atom is -0.337 e. The Labute approximate surface area is 110 Å². The van der Waals surface area contributed by atoms with Crippen LogP contribution in [-0.4, -0.2) is 18.5 Å². The molecule has 0 fully saturated rings. The molecule has 4 nitrogen and oxygen atoms in total. The molecule has 2 amide bonds. The summed E-state index contributed by atoms with van der Waals surface area (Å²) in [5, 5.41) is 6.48. The molecule has 0 aliphatic heterocycles. The fraction of sp³-hybridized carbons (Fsp3) is 0.231. The normalized spacial score (nSPS) is 10.3. The molecule has 2 rings (SSSR count). The number of hydrogen-bond donors (Lipinski definition) is 2. The first kappa shape index (κ1) is 12.6. The van der Waals surface area contributed by atoms with Crippen LogP contribution in [0, 0.1) is 6.92 Å². The molecule has 2 aromatic rings. The molecule has 0 atom stereocenters. The quantitative estimate of drug-likeness (QED) is 0.822. The first-order chi connectivity index (χ1) is 8.70. The molecule has 1 aromatic carbocycles. The maximum absolute atomic E-state index is 11.6. The van der Waals surface area contributed by atoms with Crippen LogP contribution in [-0.2, 0) is 0 Å². The first-order valence-electron chi connectivity index (χ1n) is 5.73. The Hall–Kier alpha value is -1.81. The number of carbonyl (C=O) groups is 1. The number of benzene rings is 1. The average Bonchev–Trinajstić information content (AvgIpc) is 2.36. The van der Waals surface area contributed by atoms with E-state index in [0.29, 0.717) is 12.4 Å². The van der Waals surface area contributed by atoms with Crippen molar-refractivity contribution in [2.75, 3.05) is 17.7 Å². The van der Waals surface area contributed by atoms with Crippen LogP contribution >= 0.6 is 11.6 Å². The van der Waals surface area contributed by atoms with Gasteiger partial charge in [0.15, 0.2) is 5.69 Å². The zero-order chi connectivity index (χ0) is 13.0. The average molecular weight is 265 g/mol. The second-order valence-electron chi connectivity index (χ2n) is 3.98. The van der Waals surface area contributed by atoms with E-state index in [1.807, 2.05) is 37.3 Å². The summed E-state index contributed by atoms with van der Waals surface area (Å²) in [4.78, 5) is 14.9. The Balaban J connectivity index is 2.29. The fourth-order valence-corrected chi connectivity index (χ4v) is 1.89. The van der Waals surface area contributed by atoms with Gasteiger partial charge in [-0.05, 0) is 6.07 Å². The number of fused-ring (bicyclic) bond motifs is 1. The summed E-state index contributed by atoms with van der Waals surface area (Å²) in [6.07, 6.45) is 0. The SMILES string of the molecule is Cc1cc(NC(=O)NCCCl)c2ccccc2[nH+]1. The Kier molecular flexibility index (Phi) is 3.99. The highest BCUT2D eigenvalue weighted by atomic mass is 35.5. The predicted molar refractivity (Wildman–Crippen MR) is 73.0 cm³/mol. The lowest BCUT2D eigenvalue weighted by Gasteiger charge is -2.07. The minimum atomic E-state index is -0.244. The molecule has 3 N–H and O–H groups in total. The number of aromatic nitrogens is 1. The zero-order valence-electron chi connectivity index (χ0n) is 10.1. The van der Waals surface area contributed by atoms with Gasteiger partial charge in [0.05, 0.1) is 11.1 Å². The van der Waals surface area contributed by atoms with E-state index >= 15 is 0 Å². The highest BCUT2D eigenvalue weighted by molar-refractivity contribution is 6.18. The van der Waals surface area contributed by atoms with E-state index in [1.165, 1.54) is 0 Å². The number of anilines is 1. The van der Waals surface area contributed by atoms with Gasteiger partial charge in [-0.2, -0.15) is 0 Å². The number of halogens is 1. The van der Waals surface area contributed by atoms with Crippen LogP contribution in [0.15, 0.2) is 30.3 Å². The van der Waals surface area contributed by atoms with Gasteiger partial charge in [-0.3, -0.25) is 0 Å². The largest absolute Gasteiger partial charge is 0.337 e. The highest BCUT2D eigenvalue weighted by Crippen LogP contribution is 2.20. The number of urea groups is 1. The van der Waals surface area contributed by atoms with Gasteiger partial charge in [0.1, 0.15) is 0 Å². The van der Waals surface area contributed by atoms with Crippen molar-refractivity contribution in [2.24, 2.45) is 0 Å². The van der Waals surface area contributed by atoms with E-state index in [2.05, 4.69) is 15.6 Å². The van der Waals surface area contributed by atoms with Crippen molar-refractivity contribution in [2.45, 2.75) is 6.92 Å². The number of hydrogen-bond acceptors (Lipinski definition) is 1. The number of pyridine rings is 1. The number of rotatable bonds is 3. The standard InChI is InChI=1S/C13H14ClN3O/c1-9-8-12(17-13(18)15-7-6-14)10-4-2-3-5-11(10)16-9/h2-5,8H,6-7H2,1H3,(H2,15,16,17,18)/p+1. The third kappa shape index (κ3) is 2.90. The molecule has 0 radical (unpaired) electrons. The number of H-pyrrole nitrogens is 1. The molecular weight excluding hydrogens is 250 g/mol.